The van der Waals surface area contributed by atoms with Crippen molar-refractivity contribution >= 4 is 15.9 Å². The normalized spacial score (nSPS) is 10.8. The number of nitrogens with zero attached hydrogens (tertiary/aromatic N) is 1. The maximum Gasteiger partial charge on any atom is 0.280 e. The second-order valence-electron chi connectivity index (χ2n) is 2.48. The summed E-state index contributed by atoms with van der Waals surface area (Å²) >= 11 is 3.09. The summed E-state index contributed by atoms with van der Waals surface area (Å²) in [4.78, 5) is 3.58. The van der Waals surface area contributed by atoms with E-state index in [1.54, 1.807) is 0 Å². The van der Waals surface area contributed by atoms with Gasteiger partial charge in [-0.2, -0.15) is 0 Å². The third-order valence-corrected chi connectivity index (χ3v) is 2.20. The van der Waals surface area contributed by atoms with E-state index >= 15 is 0 Å². The monoisotopic (exact) mass is 251 g/mol. The predicted molar refractivity (Wildman–Crippen MR) is 47.7 cm³/mol. The highest BCUT2D eigenvalue weighted by atomic mass is 79.9. The zero-order chi connectivity index (χ0) is 9.84. The Morgan fingerprint density at radius 1 is 1.54 bits per heavy atom. The average Bonchev–Trinajstić information content (AvgIpc) is 2.16. The van der Waals surface area contributed by atoms with Crippen molar-refractivity contribution in [2.45, 2.75) is 18.4 Å². The minimum Gasteiger partial charge on any atom is -0.392 e. The maximum atomic E-state index is 12.3. The lowest BCUT2D eigenvalue weighted by Gasteiger charge is -2.06. The van der Waals surface area contributed by atoms with Gasteiger partial charge in [-0.15, -0.1) is 0 Å². The van der Waals surface area contributed by atoms with Gasteiger partial charge >= 0.3 is 0 Å². The van der Waals surface area contributed by atoms with Gasteiger partial charge in [0.1, 0.15) is 5.69 Å². The molecule has 5 heteroatoms. The molecule has 0 unspecified atom stereocenters. The summed E-state index contributed by atoms with van der Waals surface area (Å²) in [5, 5.41) is 9.06. The number of halogens is 3. The molecule has 0 aliphatic heterocycles. The van der Waals surface area contributed by atoms with Crippen molar-refractivity contribution in [3.63, 3.8) is 0 Å². The zero-order valence-corrected chi connectivity index (χ0v) is 8.26. The Morgan fingerprint density at radius 3 is 2.69 bits per heavy atom. The first-order chi connectivity index (χ1) is 6.19. The average molecular weight is 252 g/mol. The Morgan fingerprint density at radius 2 is 2.23 bits per heavy atom. The molecule has 0 amide bonds. The minimum atomic E-state index is -2.57. The van der Waals surface area contributed by atoms with E-state index in [0.29, 0.717) is 16.5 Å². The minimum absolute atomic E-state index is 0.184. The molecular weight excluding hydrogens is 244 g/mol. The third kappa shape index (κ3) is 2.45. The molecule has 13 heavy (non-hydrogen) atoms. The standard InChI is InChI=1S/C8H8BrF2NO/c9-2-6-1-5(4-13)3-12-7(6)8(10)11/h1,3,8,13H,2,4H2. The molecule has 72 valence electrons. The summed E-state index contributed by atoms with van der Waals surface area (Å²) in [5.74, 6) is 0. The number of aliphatic hydroxyl groups is 1. The highest BCUT2D eigenvalue weighted by molar-refractivity contribution is 9.08. The van der Waals surface area contributed by atoms with Crippen LogP contribution in [0.1, 0.15) is 23.2 Å². The van der Waals surface area contributed by atoms with Crippen molar-refractivity contribution in [2.24, 2.45) is 0 Å². The first kappa shape index (κ1) is 10.5. The summed E-state index contributed by atoms with van der Waals surface area (Å²) in [6.07, 6.45) is -1.31. The molecule has 1 aromatic heterocycles. The van der Waals surface area contributed by atoms with Crippen LogP contribution in [0.15, 0.2) is 12.3 Å². The molecule has 1 N–H and O–H groups in total. The van der Waals surface area contributed by atoms with Crippen LogP contribution in [0.4, 0.5) is 8.78 Å². The molecule has 0 saturated carbocycles. The van der Waals surface area contributed by atoms with Crippen molar-refractivity contribution in [3.8, 4) is 0 Å². The van der Waals surface area contributed by atoms with E-state index in [2.05, 4.69) is 20.9 Å². The quantitative estimate of drug-likeness (QED) is 0.838. The molecule has 0 atom stereocenters. The Kier molecular flexibility index (Phi) is 3.74. The van der Waals surface area contributed by atoms with Gasteiger partial charge in [0.2, 0.25) is 0 Å². The van der Waals surface area contributed by atoms with Crippen LogP contribution >= 0.6 is 15.9 Å². The molecule has 1 heterocycles. The van der Waals surface area contributed by atoms with Gasteiger partial charge in [-0.1, -0.05) is 15.9 Å². The molecule has 0 spiro atoms. The van der Waals surface area contributed by atoms with Crippen LogP contribution in [0.25, 0.3) is 0 Å². The second-order valence-corrected chi connectivity index (χ2v) is 3.04. The maximum absolute atomic E-state index is 12.3. The van der Waals surface area contributed by atoms with Gasteiger partial charge in [0.15, 0.2) is 0 Å². The van der Waals surface area contributed by atoms with Gasteiger partial charge < -0.3 is 5.11 Å². The van der Waals surface area contributed by atoms with Crippen LogP contribution < -0.4 is 0 Å². The number of aliphatic hydroxyl groups excluding tert-OH is 1. The van der Waals surface area contributed by atoms with Crippen molar-refractivity contribution in [3.05, 3.63) is 29.1 Å². The molecule has 1 rings (SSSR count). The smallest absolute Gasteiger partial charge is 0.280 e. The number of pyridine rings is 1. The fraction of sp³-hybridized carbons (Fsp3) is 0.375. The van der Waals surface area contributed by atoms with E-state index in [9.17, 15) is 8.78 Å². The number of aromatic nitrogens is 1. The first-order valence-corrected chi connectivity index (χ1v) is 4.74. The third-order valence-electron chi connectivity index (χ3n) is 1.59. The number of hydrogen-bond acceptors (Lipinski definition) is 2. The highest BCUT2D eigenvalue weighted by Gasteiger charge is 2.13. The van der Waals surface area contributed by atoms with E-state index in [1.807, 2.05) is 0 Å². The Bertz CT molecular complexity index is 293. The van der Waals surface area contributed by atoms with Crippen molar-refractivity contribution in [1.29, 1.82) is 0 Å². The lowest BCUT2D eigenvalue weighted by Crippen LogP contribution is -1.98. The molecule has 2 nitrogen and oxygen atoms in total. The number of rotatable bonds is 3. The summed E-state index contributed by atoms with van der Waals surface area (Å²) in [7, 11) is 0. The molecule has 0 aromatic carbocycles. The topological polar surface area (TPSA) is 33.1 Å². The van der Waals surface area contributed by atoms with Crippen LogP contribution in [-0.2, 0) is 11.9 Å². The number of hydrogen-bond donors (Lipinski definition) is 1. The van der Waals surface area contributed by atoms with E-state index in [1.165, 1.54) is 12.3 Å². The van der Waals surface area contributed by atoms with Crippen LogP contribution in [0.3, 0.4) is 0 Å². The molecule has 1 aromatic rings. The van der Waals surface area contributed by atoms with Crippen LogP contribution in [0.5, 0.6) is 0 Å². The van der Waals surface area contributed by atoms with Crippen LogP contribution in [0, 0.1) is 0 Å². The fourth-order valence-corrected chi connectivity index (χ4v) is 1.41. The first-order valence-electron chi connectivity index (χ1n) is 3.61. The van der Waals surface area contributed by atoms with Crippen molar-refractivity contribution in [2.75, 3.05) is 0 Å². The summed E-state index contributed by atoms with van der Waals surface area (Å²) in [6.45, 7) is -0.184. The van der Waals surface area contributed by atoms with Gasteiger partial charge in [0, 0.05) is 11.5 Å². The molecule has 0 aliphatic rings. The van der Waals surface area contributed by atoms with Gasteiger partial charge in [-0.25, -0.2) is 8.78 Å². The van der Waals surface area contributed by atoms with E-state index < -0.39 is 6.43 Å². The van der Waals surface area contributed by atoms with E-state index in [0.717, 1.165) is 0 Å². The Labute approximate surface area is 82.7 Å². The van der Waals surface area contributed by atoms with Crippen molar-refractivity contribution in [1.82, 2.24) is 4.98 Å². The Hall–Kier alpha value is -0.550. The van der Waals surface area contributed by atoms with E-state index in [4.69, 9.17) is 5.11 Å². The highest BCUT2D eigenvalue weighted by Crippen LogP contribution is 2.23. The van der Waals surface area contributed by atoms with Crippen LogP contribution in [0.2, 0.25) is 0 Å². The van der Waals surface area contributed by atoms with Gasteiger partial charge in [-0.3, -0.25) is 4.98 Å². The van der Waals surface area contributed by atoms with E-state index in [-0.39, 0.29) is 12.3 Å². The molecule has 0 saturated heterocycles. The largest absolute Gasteiger partial charge is 0.392 e. The molecule has 0 bridgehead atoms. The van der Waals surface area contributed by atoms with Gasteiger partial charge in [-0.05, 0) is 17.2 Å². The van der Waals surface area contributed by atoms with Gasteiger partial charge in [0.05, 0.1) is 6.61 Å². The lowest BCUT2D eigenvalue weighted by atomic mass is 10.1. The molecule has 0 radical (unpaired) electrons. The second kappa shape index (κ2) is 4.62. The SMILES string of the molecule is OCc1cnc(C(F)F)c(CBr)c1. The molecule has 0 fully saturated rings. The summed E-state index contributed by atoms with van der Waals surface area (Å²) < 4.78 is 24.6. The number of alkyl halides is 3. The lowest BCUT2D eigenvalue weighted by molar-refractivity contribution is 0.145. The summed E-state index contributed by atoms with van der Waals surface area (Å²) in [6, 6.07) is 1.52. The van der Waals surface area contributed by atoms with Gasteiger partial charge in [0.25, 0.3) is 6.43 Å². The van der Waals surface area contributed by atoms with Crippen LogP contribution in [-0.4, -0.2) is 10.1 Å². The molecule has 0 aliphatic carbocycles. The predicted octanol–water partition coefficient (Wildman–Crippen LogP) is 2.41. The summed E-state index contributed by atoms with van der Waals surface area (Å²) in [5.41, 5.74) is 0.731. The zero-order valence-electron chi connectivity index (χ0n) is 6.67. The van der Waals surface area contributed by atoms with Crippen molar-refractivity contribution < 1.29 is 13.9 Å². The molecular formula is C8H8BrF2NO. The fourth-order valence-electron chi connectivity index (χ4n) is 0.960. The Balaban J connectivity index is 3.08.